The fourth-order valence-corrected chi connectivity index (χ4v) is 2.97. The molecule has 2 N–H and O–H groups in total. The van der Waals surface area contributed by atoms with Crippen LogP contribution in [-0.2, 0) is 4.79 Å². The summed E-state index contributed by atoms with van der Waals surface area (Å²) < 4.78 is 18.8. The summed E-state index contributed by atoms with van der Waals surface area (Å²) in [6.45, 7) is 0. The second kappa shape index (κ2) is 6.89. The molecule has 1 saturated carbocycles. The quantitative estimate of drug-likeness (QED) is 0.877. The highest BCUT2D eigenvalue weighted by Gasteiger charge is 2.32. The Bertz CT molecular complexity index is 499. The van der Waals surface area contributed by atoms with Gasteiger partial charge in [-0.05, 0) is 32.0 Å². The van der Waals surface area contributed by atoms with Crippen molar-refractivity contribution in [2.24, 2.45) is 0 Å². The Morgan fingerprint density at radius 1 is 1.33 bits per heavy atom. The van der Waals surface area contributed by atoms with E-state index in [4.69, 9.17) is 4.74 Å². The summed E-state index contributed by atoms with van der Waals surface area (Å²) in [7, 11) is 3.40. The van der Waals surface area contributed by atoms with Crippen molar-refractivity contribution in [3.05, 3.63) is 24.0 Å². The fraction of sp³-hybridized carbons (Fsp3) is 0.562. The molecular formula is C16H23FN2O2. The summed E-state index contributed by atoms with van der Waals surface area (Å²) in [5.74, 6) is -0.0996. The predicted molar refractivity (Wildman–Crippen MR) is 81.1 cm³/mol. The molecule has 1 aromatic carbocycles. The number of anilines is 1. The zero-order chi connectivity index (χ0) is 15.3. The molecule has 4 nitrogen and oxygen atoms in total. The van der Waals surface area contributed by atoms with Crippen LogP contribution in [0, 0.1) is 5.82 Å². The van der Waals surface area contributed by atoms with Crippen LogP contribution in [0.3, 0.4) is 0 Å². The minimum atomic E-state index is -0.452. The highest BCUT2D eigenvalue weighted by Crippen LogP contribution is 2.31. The maximum absolute atomic E-state index is 13.7. The van der Waals surface area contributed by atoms with E-state index in [0.29, 0.717) is 12.2 Å². The van der Waals surface area contributed by atoms with Crippen LogP contribution >= 0.6 is 0 Å². The molecule has 1 aliphatic carbocycles. The number of hydrogen-bond donors (Lipinski definition) is 2. The van der Waals surface area contributed by atoms with Gasteiger partial charge in [0, 0.05) is 18.0 Å². The number of nitrogens with one attached hydrogen (secondary N) is 2. The fourth-order valence-electron chi connectivity index (χ4n) is 2.97. The van der Waals surface area contributed by atoms with Gasteiger partial charge in [0.15, 0.2) is 0 Å². The van der Waals surface area contributed by atoms with E-state index in [2.05, 4.69) is 10.6 Å². The summed E-state index contributed by atoms with van der Waals surface area (Å²) in [6, 6.07) is 4.32. The van der Waals surface area contributed by atoms with Crippen LogP contribution in [0.1, 0.15) is 38.5 Å². The number of ether oxygens (including phenoxy) is 1. The Morgan fingerprint density at radius 3 is 2.67 bits per heavy atom. The third-order valence-electron chi connectivity index (χ3n) is 4.29. The number of hydrogen-bond acceptors (Lipinski definition) is 3. The first kappa shape index (κ1) is 15.8. The van der Waals surface area contributed by atoms with Crippen molar-refractivity contribution in [1.29, 1.82) is 0 Å². The molecule has 1 amide bonds. The number of carbonyl (C=O) groups excluding carboxylic acids is 1. The highest BCUT2D eigenvalue weighted by molar-refractivity contribution is 5.91. The predicted octanol–water partition coefficient (Wildman–Crippen LogP) is 3.09. The van der Waals surface area contributed by atoms with Crippen LogP contribution in [0.15, 0.2) is 18.2 Å². The monoisotopic (exact) mass is 294 g/mol. The number of methoxy groups -OCH3 is 1. The summed E-state index contributed by atoms with van der Waals surface area (Å²) >= 11 is 0. The average molecular weight is 294 g/mol. The summed E-state index contributed by atoms with van der Waals surface area (Å²) in [6.07, 6.45) is 5.80. The average Bonchev–Trinajstić information content (AvgIpc) is 2.50. The number of amides is 1. The standard InChI is InChI=1S/C16H23FN2O2/c1-18-16(8-4-3-5-9-16)11-15(20)19-14-10-12(21-2)6-7-13(14)17/h6-7,10,18H,3-5,8-9,11H2,1-2H3,(H,19,20). The molecule has 0 unspecified atom stereocenters. The van der Waals surface area contributed by atoms with Gasteiger partial charge in [-0.3, -0.25) is 4.79 Å². The molecule has 2 rings (SSSR count). The zero-order valence-corrected chi connectivity index (χ0v) is 12.7. The lowest BCUT2D eigenvalue weighted by atomic mass is 9.79. The van der Waals surface area contributed by atoms with Gasteiger partial charge in [0.25, 0.3) is 0 Å². The third kappa shape index (κ3) is 3.94. The van der Waals surface area contributed by atoms with Crippen molar-refractivity contribution in [2.75, 3.05) is 19.5 Å². The molecule has 1 aromatic rings. The SMILES string of the molecule is CNC1(CC(=O)Nc2cc(OC)ccc2F)CCCCC1. The maximum Gasteiger partial charge on any atom is 0.226 e. The van der Waals surface area contributed by atoms with Crippen LogP contribution in [0.4, 0.5) is 10.1 Å². The minimum Gasteiger partial charge on any atom is -0.497 e. The smallest absolute Gasteiger partial charge is 0.226 e. The Labute approximate surface area is 125 Å². The van der Waals surface area contributed by atoms with Crippen LogP contribution < -0.4 is 15.4 Å². The van der Waals surface area contributed by atoms with Crippen LogP contribution in [0.25, 0.3) is 0 Å². The Hall–Kier alpha value is -1.62. The topological polar surface area (TPSA) is 50.4 Å². The van der Waals surface area contributed by atoms with Crippen molar-refractivity contribution < 1.29 is 13.9 Å². The molecule has 1 aliphatic rings. The Kier molecular flexibility index (Phi) is 5.17. The molecule has 0 saturated heterocycles. The second-order valence-corrected chi connectivity index (χ2v) is 5.66. The zero-order valence-electron chi connectivity index (χ0n) is 12.7. The second-order valence-electron chi connectivity index (χ2n) is 5.66. The van der Waals surface area contributed by atoms with Gasteiger partial charge in [-0.2, -0.15) is 0 Å². The number of benzene rings is 1. The van der Waals surface area contributed by atoms with E-state index in [9.17, 15) is 9.18 Å². The molecular weight excluding hydrogens is 271 g/mol. The molecule has 1 fully saturated rings. The Balaban J connectivity index is 2.04. The third-order valence-corrected chi connectivity index (χ3v) is 4.29. The highest BCUT2D eigenvalue weighted by atomic mass is 19.1. The molecule has 21 heavy (non-hydrogen) atoms. The molecule has 116 valence electrons. The van der Waals surface area contributed by atoms with Crippen molar-refractivity contribution in [3.8, 4) is 5.75 Å². The molecule has 5 heteroatoms. The largest absolute Gasteiger partial charge is 0.497 e. The first-order chi connectivity index (χ1) is 10.1. The van der Waals surface area contributed by atoms with Crippen LogP contribution in [0.5, 0.6) is 5.75 Å². The van der Waals surface area contributed by atoms with Gasteiger partial charge in [0.2, 0.25) is 5.91 Å². The normalized spacial score (nSPS) is 17.3. The number of rotatable bonds is 5. The lowest BCUT2D eigenvalue weighted by molar-refractivity contribution is -0.118. The van der Waals surface area contributed by atoms with Crippen molar-refractivity contribution in [1.82, 2.24) is 5.32 Å². The van der Waals surface area contributed by atoms with E-state index >= 15 is 0 Å². The van der Waals surface area contributed by atoms with Crippen molar-refractivity contribution in [3.63, 3.8) is 0 Å². The van der Waals surface area contributed by atoms with Gasteiger partial charge in [0.1, 0.15) is 11.6 Å². The molecule has 0 heterocycles. The van der Waals surface area contributed by atoms with Gasteiger partial charge >= 0.3 is 0 Å². The lowest BCUT2D eigenvalue weighted by Crippen LogP contribution is -2.47. The molecule has 0 atom stereocenters. The molecule has 0 aliphatic heterocycles. The van der Waals surface area contributed by atoms with E-state index in [1.165, 1.54) is 31.7 Å². The van der Waals surface area contributed by atoms with Gasteiger partial charge in [-0.1, -0.05) is 19.3 Å². The Morgan fingerprint density at radius 2 is 2.05 bits per heavy atom. The summed E-state index contributed by atoms with van der Waals surface area (Å²) in [5, 5.41) is 5.95. The van der Waals surface area contributed by atoms with E-state index in [0.717, 1.165) is 25.7 Å². The van der Waals surface area contributed by atoms with E-state index < -0.39 is 5.82 Å². The first-order valence-electron chi connectivity index (χ1n) is 7.41. The molecule has 0 spiro atoms. The minimum absolute atomic E-state index is 0.155. The van der Waals surface area contributed by atoms with Gasteiger partial charge in [-0.25, -0.2) is 4.39 Å². The number of halogens is 1. The number of carbonyl (C=O) groups is 1. The molecule has 0 bridgehead atoms. The van der Waals surface area contributed by atoms with Crippen LogP contribution in [0.2, 0.25) is 0 Å². The molecule has 0 aromatic heterocycles. The van der Waals surface area contributed by atoms with Crippen molar-refractivity contribution >= 4 is 11.6 Å². The maximum atomic E-state index is 13.7. The lowest BCUT2D eigenvalue weighted by Gasteiger charge is -2.36. The van der Waals surface area contributed by atoms with E-state index in [1.54, 1.807) is 0 Å². The van der Waals surface area contributed by atoms with Gasteiger partial charge in [0.05, 0.1) is 12.8 Å². The summed E-state index contributed by atoms with van der Waals surface area (Å²) in [4.78, 5) is 12.2. The summed E-state index contributed by atoms with van der Waals surface area (Å²) in [5.41, 5.74) is 0.0129. The van der Waals surface area contributed by atoms with Gasteiger partial charge in [-0.15, -0.1) is 0 Å². The first-order valence-corrected chi connectivity index (χ1v) is 7.41. The van der Waals surface area contributed by atoms with Gasteiger partial charge < -0.3 is 15.4 Å². The van der Waals surface area contributed by atoms with Crippen LogP contribution in [-0.4, -0.2) is 25.6 Å². The molecule has 0 radical (unpaired) electrons. The van der Waals surface area contributed by atoms with Crippen molar-refractivity contribution in [2.45, 2.75) is 44.1 Å². The van der Waals surface area contributed by atoms with E-state index in [-0.39, 0.29) is 17.1 Å². The van der Waals surface area contributed by atoms with E-state index in [1.807, 2.05) is 7.05 Å².